The molecule has 0 aromatic rings. The van der Waals surface area contributed by atoms with Crippen molar-refractivity contribution in [1.82, 2.24) is 0 Å². The Morgan fingerprint density at radius 1 is 0.400 bits per heavy atom. The van der Waals surface area contributed by atoms with E-state index in [-0.39, 0.29) is 0 Å². The zero-order chi connectivity index (χ0) is 22.1. The van der Waals surface area contributed by atoms with Crippen molar-refractivity contribution in [3.8, 4) is 0 Å². The molecule has 0 aliphatic heterocycles. The minimum atomic E-state index is 0.409. The summed E-state index contributed by atoms with van der Waals surface area (Å²) in [6, 6.07) is 0. The summed E-state index contributed by atoms with van der Waals surface area (Å²) in [6.45, 7) is 6.98. The van der Waals surface area contributed by atoms with Crippen LogP contribution in [0.2, 0.25) is 0 Å². The summed E-state index contributed by atoms with van der Waals surface area (Å²) >= 11 is 6.69. The maximum atomic E-state index is 6.69. The van der Waals surface area contributed by atoms with Crippen molar-refractivity contribution in [2.24, 2.45) is 5.92 Å². The number of alkyl halides is 1. The van der Waals surface area contributed by atoms with Crippen LogP contribution in [0.1, 0.15) is 175 Å². The van der Waals surface area contributed by atoms with E-state index in [9.17, 15) is 0 Å². The Morgan fingerprint density at radius 3 is 1.00 bits per heavy atom. The van der Waals surface area contributed by atoms with Crippen molar-refractivity contribution in [2.45, 2.75) is 180 Å². The fourth-order valence-corrected chi connectivity index (χ4v) is 4.88. The van der Waals surface area contributed by atoms with Gasteiger partial charge in [0, 0.05) is 5.38 Å². The van der Waals surface area contributed by atoms with Crippen molar-refractivity contribution < 1.29 is 0 Å². The topological polar surface area (TPSA) is 0 Å². The van der Waals surface area contributed by atoms with Gasteiger partial charge in [-0.15, -0.1) is 11.6 Å². The Labute approximate surface area is 197 Å². The minimum Gasteiger partial charge on any atom is -0.123 e. The van der Waals surface area contributed by atoms with Gasteiger partial charge < -0.3 is 0 Å². The lowest BCUT2D eigenvalue weighted by Gasteiger charge is -2.18. The highest BCUT2D eigenvalue weighted by atomic mass is 35.5. The summed E-state index contributed by atoms with van der Waals surface area (Å²) in [7, 11) is 0. The van der Waals surface area contributed by atoms with Crippen molar-refractivity contribution in [1.29, 1.82) is 0 Å². The van der Waals surface area contributed by atoms with Crippen LogP contribution in [-0.2, 0) is 0 Å². The number of unbranched alkanes of at least 4 members (excludes halogenated alkanes) is 20. The molecular weight excluding hydrogens is 384 g/mol. The summed E-state index contributed by atoms with van der Waals surface area (Å²) in [6.07, 6.45) is 34.0. The highest BCUT2D eigenvalue weighted by Crippen LogP contribution is 2.24. The Morgan fingerprint density at radius 2 is 0.667 bits per heavy atom. The van der Waals surface area contributed by atoms with Crippen LogP contribution in [0.5, 0.6) is 0 Å². The van der Waals surface area contributed by atoms with Gasteiger partial charge >= 0.3 is 0 Å². The second-order valence-electron chi connectivity index (χ2n) is 10.1. The van der Waals surface area contributed by atoms with Crippen molar-refractivity contribution >= 4 is 11.6 Å². The molecule has 0 aliphatic carbocycles. The fourth-order valence-electron chi connectivity index (χ4n) is 4.60. The van der Waals surface area contributed by atoms with Crippen LogP contribution in [0, 0.1) is 5.92 Å². The molecule has 2 atom stereocenters. The summed E-state index contributed by atoms with van der Waals surface area (Å²) in [4.78, 5) is 0. The molecule has 1 heteroatoms. The number of halogens is 1. The first kappa shape index (κ1) is 30.3. The van der Waals surface area contributed by atoms with Gasteiger partial charge in [-0.3, -0.25) is 0 Å². The van der Waals surface area contributed by atoms with E-state index in [2.05, 4.69) is 20.8 Å². The van der Waals surface area contributed by atoms with Crippen LogP contribution in [0.3, 0.4) is 0 Å². The molecule has 0 saturated carbocycles. The Bertz CT molecular complexity index is 271. The summed E-state index contributed by atoms with van der Waals surface area (Å²) in [5.74, 6) is 0.702. The normalized spacial score (nSPS) is 13.6. The van der Waals surface area contributed by atoms with E-state index < -0.39 is 0 Å². The molecule has 0 spiro atoms. The predicted molar refractivity (Wildman–Crippen MR) is 141 cm³/mol. The van der Waals surface area contributed by atoms with E-state index in [0.717, 1.165) is 0 Å². The standard InChI is InChI=1S/C29H59Cl/c1-4-6-8-10-12-14-16-18-20-22-24-26-28(3)29(30)27-25-23-21-19-17-15-13-11-9-7-5-2/h28-29H,4-27H2,1-3H3. The number of rotatable bonds is 25. The van der Waals surface area contributed by atoms with Crippen molar-refractivity contribution in [3.05, 3.63) is 0 Å². The molecule has 0 radical (unpaired) electrons. The lowest BCUT2D eigenvalue weighted by molar-refractivity contribution is 0.436. The van der Waals surface area contributed by atoms with E-state index >= 15 is 0 Å². The third-order valence-corrected chi connectivity index (χ3v) is 7.61. The SMILES string of the molecule is CCCCCCCCCCCCCC(C)C(Cl)CCCCCCCCCCCCC. The van der Waals surface area contributed by atoms with Gasteiger partial charge in [0.25, 0.3) is 0 Å². The molecule has 0 nitrogen and oxygen atoms in total. The summed E-state index contributed by atoms with van der Waals surface area (Å²) in [5, 5.41) is 0.409. The van der Waals surface area contributed by atoms with Gasteiger partial charge in [0.2, 0.25) is 0 Å². The summed E-state index contributed by atoms with van der Waals surface area (Å²) < 4.78 is 0. The van der Waals surface area contributed by atoms with Crippen LogP contribution in [0.15, 0.2) is 0 Å². The monoisotopic (exact) mass is 442 g/mol. The predicted octanol–water partition coefficient (Wildman–Crippen LogP) is 11.6. The Hall–Kier alpha value is 0.290. The van der Waals surface area contributed by atoms with Gasteiger partial charge in [0.15, 0.2) is 0 Å². The molecule has 0 amide bonds. The van der Waals surface area contributed by atoms with Crippen LogP contribution in [0.4, 0.5) is 0 Å². The third-order valence-electron chi connectivity index (χ3n) is 6.96. The molecule has 0 fully saturated rings. The first-order chi connectivity index (χ1) is 14.7. The Balaban J connectivity index is 3.29. The quantitative estimate of drug-likeness (QED) is 0.0972. The first-order valence-corrected chi connectivity index (χ1v) is 14.8. The smallest absolute Gasteiger partial charge is 0.0361 e. The van der Waals surface area contributed by atoms with Gasteiger partial charge in [-0.1, -0.05) is 162 Å². The number of hydrogen-bond acceptors (Lipinski definition) is 0. The fraction of sp³-hybridized carbons (Fsp3) is 1.00. The number of hydrogen-bond donors (Lipinski definition) is 0. The Kier molecular flexibility index (Phi) is 25.8. The molecule has 0 N–H and O–H groups in total. The van der Waals surface area contributed by atoms with E-state index in [1.54, 1.807) is 0 Å². The molecule has 0 bridgehead atoms. The highest BCUT2D eigenvalue weighted by molar-refractivity contribution is 6.20. The maximum absolute atomic E-state index is 6.69. The van der Waals surface area contributed by atoms with E-state index in [4.69, 9.17) is 11.6 Å². The van der Waals surface area contributed by atoms with Crippen LogP contribution < -0.4 is 0 Å². The van der Waals surface area contributed by atoms with Crippen molar-refractivity contribution in [2.75, 3.05) is 0 Å². The molecule has 30 heavy (non-hydrogen) atoms. The maximum Gasteiger partial charge on any atom is 0.0361 e. The minimum absolute atomic E-state index is 0.409. The van der Waals surface area contributed by atoms with E-state index in [1.807, 2.05) is 0 Å². The van der Waals surface area contributed by atoms with Gasteiger partial charge in [0.05, 0.1) is 0 Å². The second kappa shape index (κ2) is 25.5. The second-order valence-corrected chi connectivity index (χ2v) is 10.7. The van der Waals surface area contributed by atoms with Crippen LogP contribution in [0.25, 0.3) is 0 Å². The van der Waals surface area contributed by atoms with E-state index in [0.29, 0.717) is 11.3 Å². The van der Waals surface area contributed by atoms with Gasteiger partial charge in [-0.05, 0) is 18.8 Å². The van der Waals surface area contributed by atoms with Crippen LogP contribution >= 0.6 is 11.6 Å². The third kappa shape index (κ3) is 23.0. The summed E-state index contributed by atoms with van der Waals surface area (Å²) in [5.41, 5.74) is 0. The molecule has 0 rings (SSSR count). The van der Waals surface area contributed by atoms with Gasteiger partial charge in [-0.2, -0.15) is 0 Å². The molecule has 0 aromatic carbocycles. The molecule has 0 saturated heterocycles. The zero-order valence-corrected chi connectivity index (χ0v) is 22.3. The van der Waals surface area contributed by atoms with Gasteiger partial charge in [0.1, 0.15) is 0 Å². The first-order valence-electron chi connectivity index (χ1n) is 14.4. The molecule has 182 valence electrons. The molecule has 0 heterocycles. The van der Waals surface area contributed by atoms with E-state index in [1.165, 1.54) is 154 Å². The molecule has 0 aliphatic rings. The lowest BCUT2D eigenvalue weighted by atomic mass is 9.95. The molecular formula is C29H59Cl. The average molecular weight is 443 g/mol. The molecule has 0 aromatic heterocycles. The molecule has 2 unspecified atom stereocenters. The largest absolute Gasteiger partial charge is 0.123 e. The van der Waals surface area contributed by atoms with Crippen molar-refractivity contribution in [3.63, 3.8) is 0 Å². The average Bonchev–Trinajstić information content (AvgIpc) is 2.75. The van der Waals surface area contributed by atoms with Gasteiger partial charge in [-0.25, -0.2) is 0 Å². The lowest BCUT2D eigenvalue weighted by Crippen LogP contribution is -2.11. The zero-order valence-electron chi connectivity index (χ0n) is 21.5. The highest BCUT2D eigenvalue weighted by Gasteiger charge is 2.13. The van der Waals surface area contributed by atoms with Crippen LogP contribution in [-0.4, -0.2) is 5.38 Å².